The third-order valence-electron chi connectivity index (χ3n) is 3.44. The molecule has 0 aromatic carbocycles. The van der Waals surface area contributed by atoms with Gasteiger partial charge in [0.25, 0.3) is 0 Å². The molecule has 1 amide bonds. The van der Waals surface area contributed by atoms with Gasteiger partial charge in [0.05, 0.1) is 5.75 Å². The Morgan fingerprint density at radius 2 is 2.15 bits per heavy atom. The maximum absolute atomic E-state index is 12.0. The molecule has 0 unspecified atom stereocenters. The van der Waals surface area contributed by atoms with Crippen molar-refractivity contribution < 1.29 is 4.79 Å². The predicted octanol–water partition coefficient (Wildman–Crippen LogP) is 2.30. The zero-order valence-electron chi connectivity index (χ0n) is 12.2. The first-order valence-electron chi connectivity index (χ1n) is 7.15. The number of thioether (sulfide) groups is 1. The highest BCUT2D eigenvalue weighted by Gasteiger charge is 2.30. The van der Waals surface area contributed by atoms with Crippen molar-refractivity contribution in [2.75, 3.05) is 18.8 Å². The molecule has 0 aliphatic heterocycles. The molecular weight excluding hydrogens is 272 g/mol. The Labute approximate surface area is 124 Å². The molecule has 2 rings (SSSR count). The molecule has 110 valence electrons. The van der Waals surface area contributed by atoms with Gasteiger partial charge in [-0.05, 0) is 26.7 Å². The summed E-state index contributed by atoms with van der Waals surface area (Å²) in [5, 5.41) is 9.34. The summed E-state index contributed by atoms with van der Waals surface area (Å²) in [6.07, 6.45) is 4.24. The Kier molecular flexibility index (Phi) is 5.23. The first-order valence-corrected chi connectivity index (χ1v) is 8.14. The fourth-order valence-corrected chi connectivity index (χ4v) is 3.00. The Morgan fingerprint density at radius 1 is 1.45 bits per heavy atom. The smallest absolute Gasteiger partial charge is 0.233 e. The molecule has 0 saturated heterocycles. The predicted molar refractivity (Wildman–Crippen MR) is 80.8 cm³/mol. The fraction of sp³-hybridized carbons (Fsp3) is 0.643. The quantitative estimate of drug-likeness (QED) is 0.545. The SMILES string of the molecule is C=CCn1c(SCC(=O)N(CC)CC)nnc1C1CC1. The van der Waals surface area contributed by atoms with Crippen LogP contribution in [-0.4, -0.2) is 44.4 Å². The zero-order valence-corrected chi connectivity index (χ0v) is 13.0. The molecule has 1 aliphatic carbocycles. The standard InChI is InChI=1S/C14H22N4OS/c1-4-9-18-13(11-7-8-11)15-16-14(18)20-10-12(19)17(5-2)6-3/h4,11H,1,5-10H2,2-3H3. The molecule has 0 N–H and O–H groups in total. The van der Waals surface area contributed by atoms with Gasteiger partial charge >= 0.3 is 0 Å². The van der Waals surface area contributed by atoms with Gasteiger partial charge in [-0.2, -0.15) is 0 Å². The normalized spacial score (nSPS) is 14.3. The van der Waals surface area contributed by atoms with E-state index in [-0.39, 0.29) is 5.91 Å². The minimum Gasteiger partial charge on any atom is -0.343 e. The molecule has 0 atom stereocenters. The van der Waals surface area contributed by atoms with Crippen LogP contribution in [0.2, 0.25) is 0 Å². The number of carbonyl (C=O) groups is 1. The van der Waals surface area contributed by atoms with Crippen molar-refractivity contribution in [2.45, 2.75) is 44.3 Å². The van der Waals surface area contributed by atoms with E-state index in [1.54, 1.807) is 0 Å². The maximum atomic E-state index is 12.0. The lowest BCUT2D eigenvalue weighted by Crippen LogP contribution is -2.31. The number of allylic oxidation sites excluding steroid dienone is 1. The largest absolute Gasteiger partial charge is 0.343 e. The van der Waals surface area contributed by atoms with Crippen molar-refractivity contribution >= 4 is 17.7 Å². The summed E-state index contributed by atoms with van der Waals surface area (Å²) in [7, 11) is 0. The molecule has 20 heavy (non-hydrogen) atoms. The van der Waals surface area contributed by atoms with Crippen molar-refractivity contribution in [1.29, 1.82) is 0 Å². The molecule has 0 radical (unpaired) electrons. The molecule has 1 fully saturated rings. The van der Waals surface area contributed by atoms with E-state index >= 15 is 0 Å². The second-order valence-corrected chi connectivity index (χ2v) is 5.81. The summed E-state index contributed by atoms with van der Waals surface area (Å²) in [6, 6.07) is 0. The van der Waals surface area contributed by atoms with Crippen molar-refractivity contribution in [3.8, 4) is 0 Å². The minimum atomic E-state index is 0.154. The topological polar surface area (TPSA) is 51.0 Å². The van der Waals surface area contributed by atoms with Gasteiger partial charge in [0.1, 0.15) is 5.82 Å². The van der Waals surface area contributed by atoms with Crippen molar-refractivity contribution in [3.05, 3.63) is 18.5 Å². The van der Waals surface area contributed by atoms with Gasteiger partial charge in [-0.1, -0.05) is 17.8 Å². The molecule has 1 aliphatic rings. The minimum absolute atomic E-state index is 0.154. The van der Waals surface area contributed by atoms with E-state index in [2.05, 4.69) is 21.3 Å². The number of nitrogens with zero attached hydrogens (tertiary/aromatic N) is 4. The number of hydrogen-bond donors (Lipinski definition) is 0. The molecule has 1 aromatic rings. The third kappa shape index (κ3) is 3.42. The van der Waals surface area contributed by atoms with Crippen LogP contribution in [0, 0.1) is 0 Å². The summed E-state index contributed by atoms with van der Waals surface area (Å²) in [5.41, 5.74) is 0. The van der Waals surface area contributed by atoms with Crippen LogP contribution in [0.15, 0.2) is 17.8 Å². The maximum Gasteiger partial charge on any atom is 0.233 e. The van der Waals surface area contributed by atoms with Gasteiger partial charge in [0.15, 0.2) is 5.16 Å². The molecular formula is C14H22N4OS. The third-order valence-corrected chi connectivity index (χ3v) is 4.39. The second kappa shape index (κ2) is 6.92. The Bertz CT molecular complexity index is 478. The summed E-state index contributed by atoms with van der Waals surface area (Å²) >= 11 is 1.47. The molecule has 1 heterocycles. The summed E-state index contributed by atoms with van der Waals surface area (Å²) in [5.74, 6) is 2.17. The van der Waals surface area contributed by atoms with Gasteiger partial charge in [-0.3, -0.25) is 4.79 Å². The van der Waals surface area contributed by atoms with Crippen LogP contribution in [-0.2, 0) is 11.3 Å². The van der Waals surface area contributed by atoms with Gasteiger partial charge in [0.2, 0.25) is 5.91 Å². The lowest BCUT2D eigenvalue weighted by atomic mass is 10.4. The first kappa shape index (κ1) is 15.1. The number of hydrogen-bond acceptors (Lipinski definition) is 4. The second-order valence-electron chi connectivity index (χ2n) is 4.87. The molecule has 0 spiro atoms. The number of rotatable bonds is 8. The summed E-state index contributed by atoms with van der Waals surface area (Å²) in [4.78, 5) is 13.9. The summed E-state index contributed by atoms with van der Waals surface area (Å²) in [6.45, 7) is 10.00. The van der Waals surface area contributed by atoms with E-state index in [1.165, 1.54) is 24.6 Å². The highest BCUT2D eigenvalue weighted by molar-refractivity contribution is 7.99. The average Bonchev–Trinajstić information content (AvgIpc) is 3.21. The van der Waals surface area contributed by atoms with Crippen molar-refractivity contribution in [3.63, 3.8) is 0 Å². The van der Waals surface area contributed by atoms with Crippen LogP contribution >= 0.6 is 11.8 Å². The van der Waals surface area contributed by atoms with Crippen molar-refractivity contribution in [1.82, 2.24) is 19.7 Å². The van der Waals surface area contributed by atoms with Gasteiger partial charge in [-0.15, -0.1) is 16.8 Å². The van der Waals surface area contributed by atoms with Crippen molar-refractivity contribution in [2.24, 2.45) is 0 Å². The lowest BCUT2D eigenvalue weighted by Gasteiger charge is -2.18. The number of aromatic nitrogens is 3. The van der Waals surface area contributed by atoms with E-state index < -0.39 is 0 Å². The highest BCUT2D eigenvalue weighted by atomic mass is 32.2. The fourth-order valence-electron chi connectivity index (χ4n) is 2.14. The van der Waals surface area contributed by atoms with E-state index in [0.717, 1.165) is 24.1 Å². The first-order chi connectivity index (χ1) is 9.71. The van der Waals surface area contributed by atoms with Crippen LogP contribution in [0.4, 0.5) is 0 Å². The van der Waals surface area contributed by atoms with E-state index in [4.69, 9.17) is 0 Å². The zero-order chi connectivity index (χ0) is 14.5. The van der Waals surface area contributed by atoms with E-state index in [9.17, 15) is 4.79 Å². The lowest BCUT2D eigenvalue weighted by molar-refractivity contribution is -0.127. The number of carbonyl (C=O) groups excluding carboxylic acids is 1. The van der Waals surface area contributed by atoms with Crippen LogP contribution < -0.4 is 0 Å². The van der Waals surface area contributed by atoms with Crippen LogP contribution in [0.5, 0.6) is 0 Å². The number of amides is 1. The monoisotopic (exact) mass is 294 g/mol. The molecule has 1 saturated carbocycles. The molecule has 1 aromatic heterocycles. The van der Waals surface area contributed by atoms with Gasteiger partial charge in [-0.25, -0.2) is 0 Å². The van der Waals surface area contributed by atoms with E-state index in [0.29, 0.717) is 18.2 Å². The Hall–Kier alpha value is -1.30. The molecule has 5 nitrogen and oxygen atoms in total. The van der Waals surface area contributed by atoms with E-state index in [1.807, 2.05) is 24.8 Å². The summed E-state index contributed by atoms with van der Waals surface area (Å²) < 4.78 is 2.09. The average molecular weight is 294 g/mol. The Morgan fingerprint density at radius 3 is 2.70 bits per heavy atom. The van der Waals surface area contributed by atoms with Crippen LogP contribution in [0.1, 0.15) is 38.4 Å². The molecule has 6 heteroatoms. The highest BCUT2D eigenvalue weighted by Crippen LogP contribution is 2.40. The van der Waals surface area contributed by atoms with Crippen LogP contribution in [0.25, 0.3) is 0 Å². The van der Waals surface area contributed by atoms with Gasteiger partial charge in [0, 0.05) is 25.6 Å². The van der Waals surface area contributed by atoms with Gasteiger partial charge < -0.3 is 9.47 Å². The molecule has 0 bridgehead atoms. The Balaban J connectivity index is 2.01. The van der Waals surface area contributed by atoms with Crippen LogP contribution in [0.3, 0.4) is 0 Å².